The van der Waals surface area contributed by atoms with Crippen molar-refractivity contribution in [2.75, 3.05) is 13.6 Å². The number of nitrogens with zero attached hydrogens (tertiary/aromatic N) is 3. The lowest BCUT2D eigenvalue weighted by Crippen LogP contribution is -2.55. The number of hydrogen-bond donors (Lipinski definition) is 1. The highest BCUT2D eigenvalue weighted by molar-refractivity contribution is 5.89. The van der Waals surface area contributed by atoms with Gasteiger partial charge in [-0.15, -0.1) is 0 Å². The molecule has 1 aromatic carbocycles. The minimum atomic E-state index is -0.720. The van der Waals surface area contributed by atoms with Crippen LogP contribution in [-0.2, 0) is 21.0 Å². The molecule has 158 valence electrons. The number of benzene rings is 1. The smallest absolute Gasteiger partial charge is 0.426 e. The van der Waals surface area contributed by atoms with Gasteiger partial charge in [0.1, 0.15) is 18.2 Å². The second-order valence-corrected chi connectivity index (χ2v) is 8.28. The Morgan fingerprint density at radius 3 is 2.55 bits per heavy atom. The third-order valence-corrected chi connectivity index (χ3v) is 4.81. The summed E-state index contributed by atoms with van der Waals surface area (Å²) in [6.07, 6.45) is 0.428. The van der Waals surface area contributed by atoms with Crippen molar-refractivity contribution in [2.24, 2.45) is 0 Å². The average molecular weight is 404 g/mol. The molecule has 2 bridgehead atoms. The van der Waals surface area contributed by atoms with E-state index in [-0.39, 0.29) is 24.6 Å². The minimum absolute atomic E-state index is 0.0839. The fourth-order valence-corrected chi connectivity index (χ4v) is 3.49. The zero-order valence-electron chi connectivity index (χ0n) is 17.3. The maximum atomic E-state index is 12.8. The number of hydrazine groups is 1. The number of likely N-dealkylation sites (N-methyl/N-ethyl adjacent to an activating group) is 1. The number of rotatable bonds is 4. The maximum absolute atomic E-state index is 12.8. The first-order valence-corrected chi connectivity index (χ1v) is 9.69. The second kappa shape index (κ2) is 8.28. The van der Waals surface area contributed by atoms with E-state index in [1.54, 1.807) is 20.8 Å². The predicted octanol–water partition coefficient (Wildman–Crippen LogP) is 2.28. The Labute approximate surface area is 170 Å². The number of urea groups is 1. The first-order valence-electron chi connectivity index (χ1n) is 9.69. The van der Waals surface area contributed by atoms with Gasteiger partial charge < -0.3 is 9.64 Å². The molecule has 0 spiro atoms. The number of piperidine rings is 1. The van der Waals surface area contributed by atoms with Crippen molar-refractivity contribution < 1.29 is 24.0 Å². The van der Waals surface area contributed by atoms with Crippen LogP contribution in [0.4, 0.5) is 9.59 Å². The van der Waals surface area contributed by atoms with E-state index in [0.29, 0.717) is 19.4 Å². The van der Waals surface area contributed by atoms with Crippen molar-refractivity contribution in [3.63, 3.8) is 0 Å². The highest BCUT2D eigenvalue weighted by Gasteiger charge is 2.48. The third-order valence-electron chi connectivity index (χ3n) is 4.81. The fourth-order valence-electron chi connectivity index (χ4n) is 3.49. The minimum Gasteiger partial charge on any atom is -0.443 e. The molecule has 1 aromatic rings. The number of hydroxylamine groups is 2. The average Bonchev–Trinajstić information content (AvgIpc) is 2.89. The van der Waals surface area contributed by atoms with Crippen molar-refractivity contribution in [1.29, 1.82) is 0 Å². The van der Waals surface area contributed by atoms with Crippen LogP contribution in [0.1, 0.15) is 39.2 Å². The van der Waals surface area contributed by atoms with Crippen LogP contribution in [0.5, 0.6) is 0 Å². The molecule has 2 heterocycles. The lowest BCUT2D eigenvalue weighted by Gasteiger charge is -2.32. The molecule has 2 aliphatic rings. The molecule has 1 N–H and O–H groups in total. The molecular formula is C20H28N4O5. The van der Waals surface area contributed by atoms with Gasteiger partial charge >= 0.3 is 12.1 Å². The van der Waals surface area contributed by atoms with Crippen LogP contribution in [0.25, 0.3) is 0 Å². The monoisotopic (exact) mass is 404 g/mol. The number of ether oxygens (including phenoxy) is 1. The van der Waals surface area contributed by atoms with Crippen LogP contribution < -0.4 is 5.43 Å². The van der Waals surface area contributed by atoms with Crippen molar-refractivity contribution in [1.82, 2.24) is 20.4 Å². The lowest BCUT2D eigenvalue weighted by atomic mass is 10.0. The number of amides is 4. The third kappa shape index (κ3) is 4.97. The van der Waals surface area contributed by atoms with Gasteiger partial charge in [-0.3, -0.25) is 14.6 Å². The zero-order valence-corrected chi connectivity index (χ0v) is 17.3. The van der Waals surface area contributed by atoms with Crippen LogP contribution in [0.2, 0.25) is 0 Å². The lowest BCUT2D eigenvalue weighted by molar-refractivity contribution is -0.141. The van der Waals surface area contributed by atoms with Crippen molar-refractivity contribution >= 4 is 18.0 Å². The number of carbonyl (C=O) groups is 3. The van der Waals surface area contributed by atoms with E-state index in [2.05, 4.69) is 5.43 Å². The summed E-state index contributed by atoms with van der Waals surface area (Å²) in [6, 6.07) is 8.54. The van der Waals surface area contributed by atoms with Crippen molar-refractivity contribution in [3.8, 4) is 0 Å². The van der Waals surface area contributed by atoms with E-state index < -0.39 is 17.7 Å². The molecule has 4 amide bonds. The Balaban J connectivity index is 1.58. The van der Waals surface area contributed by atoms with E-state index in [0.717, 1.165) is 10.6 Å². The van der Waals surface area contributed by atoms with E-state index in [1.165, 1.54) is 17.0 Å². The predicted molar refractivity (Wildman–Crippen MR) is 104 cm³/mol. The van der Waals surface area contributed by atoms with Gasteiger partial charge in [0, 0.05) is 13.6 Å². The van der Waals surface area contributed by atoms with Gasteiger partial charge in [0.2, 0.25) is 0 Å². The van der Waals surface area contributed by atoms with E-state index >= 15 is 0 Å². The van der Waals surface area contributed by atoms with E-state index in [1.807, 2.05) is 30.3 Å². The second-order valence-electron chi connectivity index (χ2n) is 8.28. The van der Waals surface area contributed by atoms with E-state index in [4.69, 9.17) is 9.57 Å². The maximum Gasteiger partial charge on any atom is 0.426 e. The highest BCUT2D eigenvalue weighted by atomic mass is 16.7. The molecule has 2 saturated heterocycles. The molecule has 0 aliphatic carbocycles. The first kappa shape index (κ1) is 20.9. The fraction of sp³-hybridized carbons (Fsp3) is 0.550. The Kier molecular flexibility index (Phi) is 5.97. The summed E-state index contributed by atoms with van der Waals surface area (Å²) < 4.78 is 5.17. The molecule has 2 fully saturated rings. The molecule has 0 aromatic heterocycles. The molecule has 0 saturated carbocycles. The SMILES string of the molecule is CN(NC(=O)OC(C)(C)C)C(=O)[C@@H]1CC[C@@H]2CN1C(=O)N2OCc1ccccc1. The van der Waals surface area contributed by atoms with Crippen LogP contribution in [0.15, 0.2) is 30.3 Å². The Bertz CT molecular complexity index is 764. The van der Waals surface area contributed by atoms with Crippen LogP contribution >= 0.6 is 0 Å². The summed E-state index contributed by atoms with van der Waals surface area (Å²) in [6.45, 7) is 5.92. The molecule has 3 rings (SSSR count). The molecular weight excluding hydrogens is 376 g/mol. The molecule has 2 atom stereocenters. The number of carbonyl (C=O) groups excluding carboxylic acids is 3. The summed E-state index contributed by atoms with van der Waals surface area (Å²) in [5.74, 6) is -0.368. The summed E-state index contributed by atoms with van der Waals surface area (Å²) in [4.78, 5) is 44.8. The van der Waals surface area contributed by atoms with Crippen LogP contribution in [-0.4, -0.2) is 64.3 Å². The molecule has 29 heavy (non-hydrogen) atoms. The Hall–Kier alpha value is -2.81. The summed E-state index contributed by atoms with van der Waals surface area (Å²) in [5.41, 5.74) is 2.69. The first-order chi connectivity index (χ1) is 13.7. The number of hydrogen-bond acceptors (Lipinski definition) is 5. The summed E-state index contributed by atoms with van der Waals surface area (Å²) in [7, 11) is 1.45. The highest BCUT2D eigenvalue weighted by Crippen LogP contribution is 2.31. The van der Waals surface area contributed by atoms with E-state index in [9.17, 15) is 14.4 Å². The molecule has 2 aliphatic heterocycles. The summed E-state index contributed by atoms with van der Waals surface area (Å²) >= 11 is 0. The Morgan fingerprint density at radius 2 is 1.90 bits per heavy atom. The van der Waals surface area contributed by atoms with Crippen LogP contribution in [0, 0.1) is 0 Å². The number of fused-ring (bicyclic) bond motifs is 2. The van der Waals surface area contributed by atoms with Gasteiger partial charge in [0.15, 0.2) is 0 Å². The normalized spacial score (nSPS) is 21.2. The molecule has 9 heteroatoms. The standard InChI is InChI=1S/C20H28N4O5/c1-20(2,3)29-18(26)21-22(4)17(25)16-11-10-15-12-23(16)19(27)24(15)28-13-14-8-6-5-7-9-14/h5-9,15-16H,10-13H2,1-4H3,(H,21,26)/t15-,16+/m1/s1. The van der Waals surface area contributed by atoms with Gasteiger partial charge in [-0.05, 0) is 39.2 Å². The topological polar surface area (TPSA) is 91.4 Å². The molecule has 9 nitrogen and oxygen atoms in total. The van der Waals surface area contributed by atoms with Gasteiger partial charge in [-0.2, -0.15) is 5.06 Å². The quantitative estimate of drug-likeness (QED) is 0.778. The Morgan fingerprint density at radius 1 is 1.21 bits per heavy atom. The molecule has 0 radical (unpaired) electrons. The van der Waals surface area contributed by atoms with Crippen molar-refractivity contribution in [2.45, 2.75) is 57.9 Å². The van der Waals surface area contributed by atoms with Gasteiger partial charge in [0.05, 0.1) is 6.04 Å². The summed E-state index contributed by atoms with van der Waals surface area (Å²) in [5, 5.41) is 2.46. The zero-order chi connectivity index (χ0) is 21.2. The van der Waals surface area contributed by atoms with Gasteiger partial charge in [-0.1, -0.05) is 30.3 Å². The largest absolute Gasteiger partial charge is 0.443 e. The molecule has 0 unspecified atom stereocenters. The van der Waals surface area contributed by atoms with Gasteiger partial charge in [0.25, 0.3) is 5.91 Å². The van der Waals surface area contributed by atoms with Gasteiger partial charge in [-0.25, -0.2) is 15.0 Å². The number of nitrogens with one attached hydrogen (secondary N) is 1. The van der Waals surface area contributed by atoms with Crippen molar-refractivity contribution in [3.05, 3.63) is 35.9 Å². The van der Waals surface area contributed by atoms with Crippen LogP contribution in [0.3, 0.4) is 0 Å².